The van der Waals surface area contributed by atoms with Gasteiger partial charge in [-0.1, -0.05) is 18.2 Å². The van der Waals surface area contributed by atoms with Crippen molar-refractivity contribution in [3.8, 4) is 23.0 Å². The third kappa shape index (κ3) is 4.47. The van der Waals surface area contributed by atoms with Crippen LogP contribution in [0.4, 0.5) is 5.69 Å². The molecule has 6 nitrogen and oxygen atoms in total. The zero-order valence-electron chi connectivity index (χ0n) is 15.6. The Labute approximate surface area is 158 Å². The van der Waals surface area contributed by atoms with E-state index in [0.717, 1.165) is 17.0 Å². The first-order valence-electron chi connectivity index (χ1n) is 8.64. The smallest absolute Gasteiger partial charge is 0.226 e. The number of benzene rings is 2. The molecular formula is C21H22N2O4. The molecule has 27 heavy (non-hydrogen) atoms. The molecular weight excluding hydrogens is 344 g/mol. The molecule has 0 aliphatic rings. The molecule has 0 saturated carbocycles. The molecule has 0 radical (unpaired) electrons. The minimum Gasteiger partial charge on any atom is -0.493 e. The first kappa shape index (κ1) is 18.5. The summed E-state index contributed by atoms with van der Waals surface area (Å²) in [6.45, 7) is 1.86. The van der Waals surface area contributed by atoms with Crippen LogP contribution in [0.1, 0.15) is 17.9 Å². The lowest BCUT2D eigenvalue weighted by Crippen LogP contribution is -2.12. The molecule has 1 amide bonds. The summed E-state index contributed by atoms with van der Waals surface area (Å²) in [5.74, 6) is 2.37. The number of nitrogens with zero attached hydrogens (tertiary/aromatic N) is 1. The van der Waals surface area contributed by atoms with E-state index in [4.69, 9.17) is 13.9 Å². The van der Waals surface area contributed by atoms with E-state index in [2.05, 4.69) is 10.3 Å². The van der Waals surface area contributed by atoms with Gasteiger partial charge < -0.3 is 19.2 Å². The Hall–Kier alpha value is -3.28. The molecule has 140 valence electrons. The number of aromatic nitrogens is 1. The van der Waals surface area contributed by atoms with E-state index in [0.29, 0.717) is 35.9 Å². The van der Waals surface area contributed by atoms with Crippen molar-refractivity contribution in [3.63, 3.8) is 0 Å². The summed E-state index contributed by atoms with van der Waals surface area (Å²) in [7, 11) is 3.13. The van der Waals surface area contributed by atoms with Crippen LogP contribution in [0, 0.1) is 6.92 Å². The Bertz CT molecular complexity index is 919. The van der Waals surface area contributed by atoms with Gasteiger partial charge in [-0.3, -0.25) is 4.79 Å². The van der Waals surface area contributed by atoms with Crippen LogP contribution in [0.2, 0.25) is 0 Å². The lowest BCUT2D eigenvalue weighted by Gasteiger charge is -2.10. The fourth-order valence-corrected chi connectivity index (χ4v) is 2.73. The van der Waals surface area contributed by atoms with Crippen LogP contribution in [-0.4, -0.2) is 25.1 Å². The van der Waals surface area contributed by atoms with Gasteiger partial charge in [-0.2, -0.15) is 0 Å². The number of amides is 1. The molecule has 0 spiro atoms. The maximum absolute atomic E-state index is 12.3. The Balaban J connectivity index is 1.62. The molecule has 1 N–H and O–H groups in total. The number of oxazole rings is 1. The molecule has 0 aliphatic carbocycles. The standard InChI is InChI=1S/C21H22N2O4/c1-14-17(23-21(27-14)15-7-5-4-6-8-15)10-12-20(24)22-16-9-11-18(25-2)19(13-16)26-3/h4-9,11,13H,10,12H2,1-3H3,(H,22,24). The highest BCUT2D eigenvalue weighted by Gasteiger charge is 2.13. The Morgan fingerprint density at radius 2 is 1.81 bits per heavy atom. The van der Waals surface area contributed by atoms with Crippen LogP contribution in [0.3, 0.4) is 0 Å². The summed E-state index contributed by atoms with van der Waals surface area (Å²) >= 11 is 0. The number of anilines is 1. The zero-order chi connectivity index (χ0) is 19.2. The zero-order valence-corrected chi connectivity index (χ0v) is 15.6. The topological polar surface area (TPSA) is 73.6 Å². The summed E-state index contributed by atoms with van der Waals surface area (Å²) in [4.78, 5) is 16.8. The van der Waals surface area contributed by atoms with Crippen molar-refractivity contribution in [2.45, 2.75) is 19.8 Å². The van der Waals surface area contributed by atoms with Crippen molar-refractivity contribution < 1.29 is 18.7 Å². The van der Waals surface area contributed by atoms with E-state index >= 15 is 0 Å². The lowest BCUT2D eigenvalue weighted by molar-refractivity contribution is -0.116. The van der Waals surface area contributed by atoms with Crippen molar-refractivity contribution in [1.29, 1.82) is 0 Å². The van der Waals surface area contributed by atoms with Gasteiger partial charge in [0.05, 0.1) is 19.9 Å². The highest BCUT2D eigenvalue weighted by atomic mass is 16.5. The number of methoxy groups -OCH3 is 2. The summed E-state index contributed by atoms with van der Waals surface area (Å²) in [6.07, 6.45) is 0.803. The van der Waals surface area contributed by atoms with E-state index < -0.39 is 0 Å². The molecule has 0 fully saturated rings. The number of hydrogen-bond acceptors (Lipinski definition) is 5. The fourth-order valence-electron chi connectivity index (χ4n) is 2.73. The predicted octanol–water partition coefficient (Wildman–Crippen LogP) is 4.24. The van der Waals surface area contributed by atoms with Gasteiger partial charge in [0.15, 0.2) is 11.5 Å². The average molecular weight is 366 g/mol. The van der Waals surface area contributed by atoms with Crippen molar-refractivity contribution >= 4 is 11.6 Å². The van der Waals surface area contributed by atoms with Crippen LogP contribution in [-0.2, 0) is 11.2 Å². The minimum atomic E-state index is -0.106. The van der Waals surface area contributed by atoms with Gasteiger partial charge in [0.25, 0.3) is 0 Å². The number of ether oxygens (including phenoxy) is 2. The minimum absolute atomic E-state index is 0.106. The third-order valence-electron chi connectivity index (χ3n) is 4.17. The van der Waals surface area contributed by atoms with E-state index in [1.807, 2.05) is 37.3 Å². The Morgan fingerprint density at radius 3 is 2.52 bits per heavy atom. The van der Waals surface area contributed by atoms with Crippen molar-refractivity contribution in [2.75, 3.05) is 19.5 Å². The Morgan fingerprint density at radius 1 is 1.07 bits per heavy atom. The van der Waals surface area contributed by atoms with E-state index in [1.54, 1.807) is 32.4 Å². The second-order valence-electron chi connectivity index (χ2n) is 6.01. The summed E-state index contributed by atoms with van der Waals surface area (Å²) < 4.78 is 16.2. The van der Waals surface area contributed by atoms with Gasteiger partial charge in [-0.05, 0) is 31.2 Å². The monoisotopic (exact) mass is 366 g/mol. The number of nitrogens with one attached hydrogen (secondary N) is 1. The van der Waals surface area contributed by atoms with Gasteiger partial charge in [-0.25, -0.2) is 4.98 Å². The third-order valence-corrected chi connectivity index (χ3v) is 4.17. The van der Waals surface area contributed by atoms with Gasteiger partial charge in [0.1, 0.15) is 5.76 Å². The number of aryl methyl sites for hydroxylation is 2. The molecule has 6 heteroatoms. The van der Waals surface area contributed by atoms with Crippen molar-refractivity contribution in [1.82, 2.24) is 4.98 Å². The molecule has 0 saturated heterocycles. The van der Waals surface area contributed by atoms with Gasteiger partial charge in [0, 0.05) is 30.2 Å². The lowest BCUT2D eigenvalue weighted by atomic mass is 10.2. The summed E-state index contributed by atoms with van der Waals surface area (Å²) in [5, 5.41) is 2.86. The molecule has 1 aromatic heterocycles. The van der Waals surface area contributed by atoms with Crippen LogP contribution in [0.25, 0.3) is 11.5 Å². The molecule has 2 aromatic carbocycles. The molecule has 0 atom stereocenters. The molecule has 3 aromatic rings. The predicted molar refractivity (Wildman–Crippen MR) is 103 cm³/mol. The fraction of sp³-hybridized carbons (Fsp3) is 0.238. The maximum atomic E-state index is 12.3. The van der Waals surface area contributed by atoms with E-state index in [1.165, 1.54) is 0 Å². The first-order valence-corrected chi connectivity index (χ1v) is 8.64. The second-order valence-corrected chi connectivity index (χ2v) is 6.01. The second kappa shape index (κ2) is 8.40. The average Bonchev–Trinajstić information content (AvgIpc) is 3.07. The summed E-state index contributed by atoms with van der Waals surface area (Å²) in [6, 6.07) is 15.0. The van der Waals surface area contributed by atoms with Crippen molar-refractivity contribution in [3.05, 3.63) is 60.0 Å². The van der Waals surface area contributed by atoms with Crippen LogP contribution in [0.15, 0.2) is 52.9 Å². The van der Waals surface area contributed by atoms with E-state index in [-0.39, 0.29) is 5.91 Å². The highest BCUT2D eigenvalue weighted by Crippen LogP contribution is 2.30. The SMILES string of the molecule is COc1ccc(NC(=O)CCc2nc(-c3ccccc3)oc2C)cc1OC. The molecule has 0 aliphatic heterocycles. The van der Waals surface area contributed by atoms with Crippen LogP contribution < -0.4 is 14.8 Å². The largest absolute Gasteiger partial charge is 0.493 e. The molecule has 0 bridgehead atoms. The van der Waals surface area contributed by atoms with Crippen LogP contribution in [0.5, 0.6) is 11.5 Å². The highest BCUT2D eigenvalue weighted by molar-refractivity contribution is 5.91. The summed E-state index contributed by atoms with van der Waals surface area (Å²) in [5.41, 5.74) is 2.36. The van der Waals surface area contributed by atoms with Crippen LogP contribution >= 0.6 is 0 Å². The first-order chi connectivity index (χ1) is 13.1. The number of carbonyl (C=O) groups is 1. The van der Waals surface area contributed by atoms with Gasteiger partial charge >= 0.3 is 0 Å². The quantitative estimate of drug-likeness (QED) is 0.677. The van der Waals surface area contributed by atoms with Gasteiger partial charge in [0.2, 0.25) is 11.8 Å². The molecule has 3 rings (SSSR count). The van der Waals surface area contributed by atoms with E-state index in [9.17, 15) is 4.79 Å². The number of rotatable bonds is 7. The Kier molecular flexibility index (Phi) is 5.76. The van der Waals surface area contributed by atoms with Gasteiger partial charge in [-0.15, -0.1) is 0 Å². The molecule has 1 heterocycles. The number of hydrogen-bond donors (Lipinski definition) is 1. The normalized spacial score (nSPS) is 10.5. The van der Waals surface area contributed by atoms with Crippen molar-refractivity contribution in [2.24, 2.45) is 0 Å². The molecule has 0 unspecified atom stereocenters. The number of carbonyl (C=O) groups excluding carboxylic acids is 1. The maximum Gasteiger partial charge on any atom is 0.226 e.